The second-order valence-electron chi connectivity index (χ2n) is 5.70. The maximum absolute atomic E-state index is 11.8. The summed E-state index contributed by atoms with van der Waals surface area (Å²) in [5, 5.41) is 3.58. The number of sulfone groups is 1. The van der Waals surface area contributed by atoms with E-state index in [1.165, 1.54) is 12.8 Å². The van der Waals surface area contributed by atoms with Crippen LogP contribution in [0.5, 0.6) is 0 Å². The largest absolute Gasteiger partial charge is 0.313 e. The molecule has 2 heterocycles. The van der Waals surface area contributed by atoms with Crippen molar-refractivity contribution in [2.75, 3.05) is 31.1 Å². The van der Waals surface area contributed by atoms with Gasteiger partial charge in [-0.2, -0.15) is 0 Å². The number of hydrogen-bond donors (Lipinski definition) is 1. The Morgan fingerprint density at radius 2 is 2.17 bits per heavy atom. The number of hydrogen-bond acceptors (Lipinski definition) is 4. The molecule has 2 unspecified atom stereocenters. The summed E-state index contributed by atoms with van der Waals surface area (Å²) in [6.07, 6.45) is 5.41. The van der Waals surface area contributed by atoms with E-state index in [0.29, 0.717) is 17.5 Å². The first-order valence-corrected chi connectivity index (χ1v) is 9.11. The molecule has 2 rings (SSSR count). The predicted octanol–water partition coefficient (Wildman–Crippen LogP) is 1.03. The van der Waals surface area contributed by atoms with Crippen LogP contribution >= 0.6 is 0 Å². The van der Waals surface area contributed by atoms with Gasteiger partial charge in [0.15, 0.2) is 9.84 Å². The molecule has 106 valence electrons. The molecule has 1 N–H and O–H groups in total. The van der Waals surface area contributed by atoms with Gasteiger partial charge in [0, 0.05) is 18.6 Å². The zero-order valence-electron chi connectivity index (χ0n) is 11.4. The van der Waals surface area contributed by atoms with Gasteiger partial charge < -0.3 is 5.32 Å². The van der Waals surface area contributed by atoms with Crippen molar-refractivity contribution >= 4 is 9.84 Å². The van der Waals surface area contributed by atoms with Crippen LogP contribution in [0.15, 0.2) is 0 Å². The molecule has 18 heavy (non-hydrogen) atoms. The van der Waals surface area contributed by atoms with Crippen LogP contribution in [0.2, 0.25) is 0 Å². The summed E-state index contributed by atoms with van der Waals surface area (Å²) < 4.78 is 23.5. The van der Waals surface area contributed by atoms with Gasteiger partial charge in [0.25, 0.3) is 0 Å². The van der Waals surface area contributed by atoms with E-state index in [-0.39, 0.29) is 6.04 Å². The van der Waals surface area contributed by atoms with Crippen molar-refractivity contribution in [1.29, 1.82) is 0 Å². The number of rotatable bonds is 3. The lowest BCUT2D eigenvalue weighted by atomic mass is 10.1. The molecule has 0 aromatic carbocycles. The standard InChI is InChI=1S/C13H26N2O2S/c1-2-5-12-10-15(8-4-7-14-12)13-6-3-9-18(16,17)11-13/h12-14H,2-11H2,1H3. The lowest BCUT2D eigenvalue weighted by molar-refractivity contribution is 0.191. The average Bonchev–Trinajstić information content (AvgIpc) is 2.54. The smallest absolute Gasteiger partial charge is 0.151 e. The monoisotopic (exact) mass is 274 g/mol. The zero-order chi connectivity index (χ0) is 13.0. The van der Waals surface area contributed by atoms with Gasteiger partial charge >= 0.3 is 0 Å². The van der Waals surface area contributed by atoms with Crippen LogP contribution in [0.25, 0.3) is 0 Å². The molecule has 0 saturated carbocycles. The molecule has 5 heteroatoms. The van der Waals surface area contributed by atoms with Gasteiger partial charge in [-0.25, -0.2) is 8.42 Å². The number of nitrogens with zero attached hydrogens (tertiary/aromatic N) is 1. The average molecular weight is 274 g/mol. The van der Waals surface area contributed by atoms with Crippen molar-refractivity contribution in [2.24, 2.45) is 0 Å². The topological polar surface area (TPSA) is 49.4 Å². The molecule has 4 nitrogen and oxygen atoms in total. The van der Waals surface area contributed by atoms with Crippen molar-refractivity contribution in [3.05, 3.63) is 0 Å². The minimum atomic E-state index is -2.79. The molecule has 2 fully saturated rings. The molecule has 0 amide bonds. The predicted molar refractivity (Wildman–Crippen MR) is 74.6 cm³/mol. The van der Waals surface area contributed by atoms with Crippen LogP contribution in [0.1, 0.15) is 39.0 Å². The summed E-state index contributed by atoms with van der Waals surface area (Å²) in [5.74, 6) is 0.778. The Labute approximate surface area is 111 Å². The van der Waals surface area contributed by atoms with Gasteiger partial charge in [0.05, 0.1) is 11.5 Å². The van der Waals surface area contributed by atoms with Gasteiger partial charge in [0.2, 0.25) is 0 Å². The Bertz CT molecular complexity index is 356. The van der Waals surface area contributed by atoms with E-state index in [9.17, 15) is 8.42 Å². The van der Waals surface area contributed by atoms with E-state index in [4.69, 9.17) is 0 Å². The van der Waals surface area contributed by atoms with Crippen molar-refractivity contribution < 1.29 is 8.42 Å². The summed E-state index contributed by atoms with van der Waals surface area (Å²) >= 11 is 0. The third kappa shape index (κ3) is 3.93. The lowest BCUT2D eigenvalue weighted by Crippen LogP contribution is -2.47. The Balaban J connectivity index is 1.97. The van der Waals surface area contributed by atoms with Crippen molar-refractivity contribution in [3.8, 4) is 0 Å². The summed E-state index contributed by atoms with van der Waals surface area (Å²) in [7, 11) is -2.79. The van der Waals surface area contributed by atoms with Crippen molar-refractivity contribution in [2.45, 2.75) is 51.1 Å². The van der Waals surface area contributed by atoms with E-state index < -0.39 is 9.84 Å². The normalized spacial score (nSPS) is 34.1. The molecule has 2 saturated heterocycles. The third-order valence-corrected chi connectivity index (χ3v) is 5.91. The maximum atomic E-state index is 11.8. The number of nitrogens with one attached hydrogen (secondary N) is 1. The second kappa shape index (κ2) is 6.35. The molecular formula is C13H26N2O2S. The van der Waals surface area contributed by atoms with Gasteiger partial charge in [-0.1, -0.05) is 13.3 Å². The Morgan fingerprint density at radius 1 is 1.33 bits per heavy atom. The first-order chi connectivity index (χ1) is 8.61. The van der Waals surface area contributed by atoms with Crippen LogP contribution in [0.4, 0.5) is 0 Å². The highest BCUT2D eigenvalue weighted by Gasteiger charge is 2.30. The SMILES string of the molecule is CCCC1CN(C2CCCS(=O)(=O)C2)CCCN1. The highest BCUT2D eigenvalue weighted by Crippen LogP contribution is 2.19. The Kier molecular flexibility index (Phi) is 5.04. The summed E-state index contributed by atoms with van der Waals surface area (Å²) in [5.41, 5.74) is 0. The summed E-state index contributed by atoms with van der Waals surface area (Å²) in [6.45, 7) is 5.35. The van der Waals surface area contributed by atoms with E-state index in [0.717, 1.165) is 38.9 Å². The first kappa shape index (κ1) is 14.3. The minimum Gasteiger partial charge on any atom is -0.313 e. The molecule has 2 aliphatic heterocycles. The Hall–Kier alpha value is -0.130. The molecule has 2 atom stereocenters. The molecule has 2 aliphatic rings. The summed E-state index contributed by atoms with van der Waals surface area (Å²) in [6, 6.07) is 0.810. The molecule has 0 spiro atoms. The maximum Gasteiger partial charge on any atom is 0.151 e. The van der Waals surface area contributed by atoms with Crippen molar-refractivity contribution in [1.82, 2.24) is 10.2 Å². The zero-order valence-corrected chi connectivity index (χ0v) is 12.2. The highest BCUT2D eigenvalue weighted by molar-refractivity contribution is 7.91. The Morgan fingerprint density at radius 3 is 2.89 bits per heavy atom. The quantitative estimate of drug-likeness (QED) is 0.835. The molecular weight excluding hydrogens is 248 g/mol. The van der Waals surface area contributed by atoms with Crippen LogP contribution in [0.3, 0.4) is 0 Å². The third-order valence-electron chi connectivity index (χ3n) is 4.10. The first-order valence-electron chi connectivity index (χ1n) is 7.28. The van der Waals surface area contributed by atoms with Gasteiger partial charge in [0.1, 0.15) is 0 Å². The highest BCUT2D eigenvalue weighted by atomic mass is 32.2. The molecule has 0 radical (unpaired) electrons. The molecule has 0 bridgehead atoms. The minimum absolute atomic E-state index is 0.267. The molecule has 0 aliphatic carbocycles. The van der Waals surface area contributed by atoms with Crippen LogP contribution in [0, 0.1) is 0 Å². The van der Waals surface area contributed by atoms with Crippen molar-refractivity contribution in [3.63, 3.8) is 0 Å². The van der Waals surface area contributed by atoms with Crippen LogP contribution in [-0.2, 0) is 9.84 Å². The van der Waals surface area contributed by atoms with Gasteiger partial charge in [-0.3, -0.25) is 4.90 Å². The molecule has 0 aromatic rings. The van der Waals surface area contributed by atoms with E-state index in [2.05, 4.69) is 17.1 Å². The van der Waals surface area contributed by atoms with Gasteiger partial charge in [-0.05, 0) is 38.8 Å². The summed E-state index contributed by atoms with van der Waals surface area (Å²) in [4.78, 5) is 2.43. The van der Waals surface area contributed by atoms with Crippen LogP contribution < -0.4 is 5.32 Å². The van der Waals surface area contributed by atoms with Crippen LogP contribution in [-0.4, -0.2) is 56.5 Å². The second-order valence-corrected chi connectivity index (χ2v) is 7.93. The fourth-order valence-electron chi connectivity index (χ4n) is 3.19. The van der Waals surface area contributed by atoms with E-state index in [1.807, 2.05) is 0 Å². The van der Waals surface area contributed by atoms with E-state index in [1.54, 1.807) is 0 Å². The fourth-order valence-corrected chi connectivity index (χ4v) is 4.92. The lowest BCUT2D eigenvalue weighted by Gasteiger charge is -2.34. The van der Waals surface area contributed by atoms with Gasteiger partial charge in [-0.15, -0.1) is 0 Å². The fraction of sp³-hybridized carbons (Fsp3) is 1.00. The van der Waals surface area contributed by atoms with E-state index >= 15 is 0 Å². The molecule has 0 aromatic heterocycles.